The Hall–Kier alpha value is -2.28. The van der Waals surface area contributed by atoms with Gasteiger partial charge in [0.1, 0.15) is 11.0 Å². The number of aromatic nitrogens is 4. The van der Waals surface area contributed by atoms with Gasteiger partial charge >= 0.3 is 0 Å². The molecular weight excluding hydrogens is 250 g/mol. The minimum atomic E-state index is -0.230. The van der Waals surface area contributed by atoms with Gasteiger partial charge in [0, 0.05) is 19.3 Å². The average molecular weight is 259 g/mol. The number of carbonyl (C=O) groups excluding carboxylic acids is 1. The van der Waals surface area contributed by atoms with Crippen molar-refractivity contribution >= 4 is 34.5 Å². The monoisotopic (exact) mass is 259 g/mol. The maximum absolute atomic E-state index is 12.1. The number of hydrogen-bond donors (Lipinski definition) is 1. The summed E-state index contributed by atoms with van der Waals surface area (Å²) in [6, 6.07) is 7.08. The Labute approximate surface area is 107 Å². The first-order valence-corrected chi connectivity index (χ1v) is 5.99. The Kier molecular flexibility index (Phi) is 2.52. The molecular formula is C11H9N5OS. The predicted molar refractivity (Wildman–Crippen MR) is 68.6 cm³/mol. The summed E-state index contributed by atoms with van der Waals surface area (Å²) >= 11 is 1.10. The molecule has 7 heteroatoms. The van der Waals surface area contributed by atoms with Gasteiger partial charge in [-0.05, 0) is 12.1 Å². The Morgan fingerprint density at radius 3 is 3.00 bits per heavy atom. The van der Waals surface area contributed by atoms with E-state index in [1.165, 1.54) is 0 Å². The molecule has 0 fully saturated rings. The van der Waals surface area contributed by atoms with Crippen LogP contribution in [0.2, 0.25) is 0 Å². The minimum absolute atomic E-state index is 0.230. The summed E-state index contributed by atoms with van der Waals surface area (Å²) in [5, 5.41) is 6.82. The highest BCUT2D eigenvalue weighted by molar-refractivity contribution is 7.00. The number of hydrogen-bond acceptors (Lipinski definition) is 5. The molecule has 0 atom stereocenters. The molecule has 1 N–H and O–H groups in total. The SMILES string of the molecule is Cn1ccc(NC(=O)c2cccc3nsnc23)n1. The maximum Gasteiger partial charge on any atom is 0.259 e. The van der Waals surface area contributed by atoms with Crippen LogP contribution in [-0.4, -0.2) is 24.4 Å². The van der Waals surface area contributed by atoms with Crippen molar-refractivity contribution in [2.45, 2.75) is 0 Å². The molecule has 2 heterocycles. The minimum Gasteiger partial charge on any atom is -0.305 e. The first kappa shape index (κ1) is 10.8. The largest absolute Gasteiger partial charge is 0.305 e. The number of carbonyl (C=O) groups is 1. The van der Waals surface area contributed by atoms with E-state index in [4.69, 9.17) is 0 Å². The lowest BCUT2D eigenvalue weighted by Gasteiger charge is -2.01. The van der Waals surface area contributed by atoms with E-state index in [0.717, 1.165) is 17.2 Å². The van der Waals surface area contributed by atoms with Crippen LogP contribution in [0.25, 0.3) is 11.0 Å². The second-order valence-electron chi connectivity index (χ2n) is 3.77. The van der Waals surface area contributed by atoms with Gasteiger partial charge in [0.05, 0.1) is 17.3 Å². The summed E-state index contributed by atoms with van der Waals surface area (Å²) in [5.41, 5.74) is 1.86. The summed E-state index contributed by atoms with van der Waals surface area (Å²) < 4.78 is 9.86. The van der Waals surface area contributed by atoms with Crippen molar-refractivity contribution in [2.75, 3.05) is 5.32 Å². The van der Waals surface area contributed by atoms with Crippen LogP contribution in [0.1, 0.15) is 10.4 Å². The number of benzene rings is 1. The summed E-state index contributed by atoms with van der Waals surface area (Å²) in [5.74, 6) is 0.287. The number of fused-ring (bicyclic) bond motifs is 1. The van der Waals surface area contributed by atoms with Crippen LogP contribution in [0.4, 0.5) is 5.82 Å². The van der Waals surface area contributed by atoms with Gasteiger partial charge in [-0.25, -0.2) is 0 Å². The smallest absolute Gasteiger partial charge is 0.259 e. The van der Waals surface area contributed by atoms with Crippen LogP contribution in [0.5, 0.6) is 0 Å². The fourth-order valence-corrected chi connectivity index (χ4v) is 2.20. The molecule has 3 aromatic rings. The van der Waals surface area contributed by atoms with E-state index in [1.807, 2.05) is 6.07 Å². The lowest BCUT2D eigenvalue weighted by molar-refractivity contribution is 0.102. The Bertz CT molecular complexity index is 717. The number of rotatable bonds is 2. The molecule has 0 saturated carbocycles. The van der Waals surface area contributed by atoms with E-state index in [0.29, 0.717) is 16.9 Å². The molecule has 1 aromatic carbocycles. The van der Waals surface area contributed by atoms with E-state index in [-0.39, 0.29) is 5.91 Å². The van der Waals surface area contributed by atoms with Gasteiger partial charge in [0.2, 0.25) is 0 Å². The van der Waals surface area contributed by atoms with E-state index in [1.54, 1.807) is 36.1 Å². The zero-order chi connectivity index (χ0) is 12.5. The summed E-state index contributed by atoms with van der Waals surface area (Å²) in [6.07, 6.45) is 1.76. The van der Waals surface area contributed by atoms with Crippen molar-refractivity contribution in [1.82, 2.24) is 18.5 Å². The van der Waals surface area contributed by atoms with E-state index < -0.39 is 0 Å². The molecule has 0 saturated heterocycles. The van der Waals surface area contributed by atoms with Crippen molar-refractivity contribution in [3.8, 4) is 0 Å². The molecule has 0 aliphatic rings. The van der Waals surface area contributed by atoms with Gasteiger partial charge in [-0.1, -0.05) is 6.07 Å². The van der Waals surface area contributed by atoms with Crippen LogP contribution in [0, 0.1) is 0 Å². The molecule has 0 spiro atoms. The van der Waals surface area contributed by atoms with E-state index in [9.17, 15) is 4.79 Å². The van der Waals surface area contributed by atoms with Crippen molar-refractivity contribution in [2.24, 2.45) is 7.05 Å². The highest BCUT2D eigenvalue weighted by Crippen LogP contribution is 2.17. The Morgan fingerprint density at radius 2 is 2.22 bits per heavy atom. The fraction of sp³-hybridized carbons (Fsp3) is 0.0909. The Balaban J connectivity index is 1.94. The number of nitrogens with one attached hydrogen (secondary N) is 1. The van der Waals surface area contributed by atoms with E-state index >= 15 is 0 Å². The van der Waals surface area contributed by atoms with Crippen molar-refractivity contribution in [1.29, 1.82) is 0 Å². The van der Waals surface area contributed by atoms with E-state index in [2.05, 4.69) is 19.2 Å². The third kappa shape index (κ3) is 1.84. The molecule has 2 aromatic heterocycles. The standard InChI is InChI=1S/C11H9N5OS/c1-16-6-5-9(13-16)12-11(17)7-3-2-4-8-10(7)15-18-14-8/h2-6H,1H3,(H,12,13,17). The average Bonchev–Trinajstić information content (AvgIpc) is 2.97. The second kappa shape index (κ2) is 4.19. The number of aryl methyl sites for hydroxylation is 1. The van der Waals surface area contributed by atoms with Crippen molar-refractivity contribution in [3.63, 3.8) is 0 Å². The predicted octanol–water partition coefficient (Wildman–Crippen LogP) is 1.68. The zero-order valence-corrected chi connectivity index (χ0v) is 10.3. The first-order chi connectivity index (χ1) is 8.74. The molecule has 0 aliphatic heterocycles. The number of amides is 1. The number of anilines is 1. The van der Waals surface area contributed by atoms with Crippen LogP contribution >= 0.6 is 11.7 Å². The van der Waals surface area contributed by atoms with Gasteiger partial charge in [-0.15, -0.1) is 0 Å². The zero-order valence-electron chi connectivity index (χ0n) is 9.49. The molecule has 0 unspecified atom stereocenters. The molecule has 3 rings (SSSR count). The maximum atomic E-state index is 12.1. The third-order valence-electron chi connectivity index (χ3n) is 2.49. The molecule has 6 nitrogen and oxygen atoms in total. The van der Waals surface area contributed by atoms with Crippen LogP contribution in [0.15, 0.2) is 30.5 Å². The summed E-state index contributed by atoms with van der Waals surface area (Å²) in [4.78, 5) is 12.1. The molecule has 0 radical (unpaired) electrons. The van der Waals surface area contributed by atoms with Crippen molar-refractivity contribution < 1.29 is 4.79 Å². The van der Waals surface area contributed by atoms with Gasteiger partial charge in [-0.3, -0.25) is 9.48 Å². The van der Waals surface area contributed by atoms with Crippen LogP contribution < -0.4 is 5.32 Å². The van der Waals surface area contributed by atoms with Crippen LogP contribution in [0.3, 0.4) is 0 Å². The van der Waals surface area contributed by atoms with Gasteiger partial charge in [0.25, 0.3) is 5.91 Å². The topological polar surface area (TPSA) is 72.7 Å². The van der Waals surface area contributed by atoms with Crippen molar-refractivity contribution in [3.05, 3.63) is 36.0 Å². The quantitative estimate of drug-likeness (QED) is 0.760. The lowest BCUT2D eigenvalue weighted by atomic mass is 10.1. The molecule has 0 bridgehead atoms. The van der Waals surface area contributed by atoms with Crippen LogP contribution in [-0.2, 0) is 7.05 Å². The summed E-state index contributed by atoms with van der Waals surface area (Å²) in [6.45, 7) is 0. The summed E-state index contributed by atoms with van der Waals surface area (Å²) in [7, 11) is 1.79. The van der Waals surface area contributed by atoms with Gasteiger partial charge < -0.3 is 5.32 Å². The lowest BCUT2D eigenvalue weighted by Crippen LogP contribution is -2.13. The number of nitrogens with zero attached hydrogens (tertiary/aromatic N) is 4. The third-order valence-corrected chi connectivity index (χ3v) is 3.03. The highest BCUT2D eigenvalue weighted by atomic mass is 32.1. The first-order valence-electron chi connectivity index (χ1n) is 5.26. The molecule has 90 valence electrons. The van der Waals surface area contributed by atoms with Gasteiger partial charge in [-0.2, -0.15) is 13.8 Å². The molecule has 0 aliphatic carbocycles. The molecule has 18 heavy (non-hydrogen) atoms. The second-order valence-corrected chi connectivity index (χ2v) is 4.29. The molecule has 1 amide bonds. The normalized spacial score (nSPS) is 10.7. The highest BCUT2D eigenvalue weighted by Gasteiger charge is 2.13. The fourth-order valence-electron chi connectivity index (χ4n) is 1.65. The van der Waals surface area contributed by atoms with Gasteiger partial charge in [0.15, 0.2) is 5.82 Å². The Morgan fingerprint density at radius 1 is 1.33 bits per heavy atom.